The van der Waals surface area contributed by atoms with E-state index >= 15 is 0 Å². The summed E-state index contributed by atoms with van der Waals surface area (Å²) in [5, 5.41) is 12.7. The minimum absolute atomic E-state index is 0.0434. The van der Waals surface area contributed by atoms with Gasteiger partial charge in [-0.15, -0.1) is 0 Å². The van der Waals surface area contributed by atoms with Crippen LogP contribution in [0, 0.1) is 0 Å². The highest BCUT2D eigenvalue weighted by molar-refractivity contribution is 7.90. The normalized spacial score (nSPS) is 22.9. The van der Waals surface area contributed by atoms with Crippen LogP contribution in [0.5, 0.6) is 0 Å². The molecule has 29 heavy (non-hydrogen) atoms. The second kappa shape index (κ2) is 9.58. The summed E-state index contributed by atoms with van der Waals surface area (Å²) in [6, 6.07) is 7.07. The molecule has 2 fully saturated rings. The number of likely N-dealkylation sites (tertiary alicyclic amines) is 1. The van der Waals surface area contributed by atoms with Crippen LogP contribution < -0.4 is 5.32 Å². The maximum atomic E-state index is 13.3. The van der Waals surface area contributed by atoms with Crippen LogP contribution >= 0.6 is 0 Å². The monoisotopic (exact) mass is 422 g/mol. The molecule has 1 saturated heterocycles. The minimum atomic E-state index is -3.25. The van der Waals surface area contributed by atoms with Crippen LogP contribution in [0.3, 0.4) is 0 Å². The molecule has 7 heteroatoms. The molecule has 1 heterocycles. The van der Waals surface area contributed by atoms with Crippen molar-refractivity contribution in [2.45, 2.75) is 67.7 Å². The lowest BCUT2D eigenvalue weighted by Gasteiger charge is -2.37. The lowest BCUT2D eigenvalue weighted by Crippen LogP contribution is -2.50. The fourth-order valence-electron chi connectivity index (χ4n) is 4.87. The molecular formula is C22H34N2O4S. The van der Waals surface area contributed by atoms with E-state index in [1.165, 1.54) is 6.26 Å². The van der Waals surface area contributed by atoms with Crippen molar-refractivity contribution in [3.8, 4) is 0 Å². The number of aliphatic hydroxyl groups is 1. The van der Waals surface area contributed by atoms with Gasteiger partial charge in [0.05, 0.1) is 16.9 Å². The lowest BCUT2D eigenvalue weighted by atomic mass is 9.68. The molecule has 1 aromatic rings. The van der Waals surface area contributed by atoms with Crippen LogP contribution in [-0.4, -0.2) is 62.9 Å². The zero-order chi connectivity index (χ0) is 20.9. The molecule has 2 aliphatic rings. The number of piperidine rings is 1. The van der Waals surface area contributed by atoms with Gasteiger partial charge in [-0.1, -0.05) is 37.8 Å². The van der Waals surface area contributed by atoms with Crippen molar-refractivity contribution in [2.75, 3.05) is 32.5 Å². The molecular weight excluding hydrogens is 388 g/mol. The third-order valence-corrected chi connectivity index (χ3v) is 7.75. The molecule has 1 saturated carbocycles. The van der Waals surface area contributed by atoms with Gasteiger partial charge >= 0.3 is 0 Å². The first-order chi connectivity index (χ1) is 13.9. The van der Waals surface area contributed by atoms with E-state index in [1.807, 2.05) is 12.1 Å². The predicted octanol–water partition coefficient (Wildman–Crippen LogP) is 2.25. The van der Waals surface area contributed by atoms with Crippen molar-refractivity contribution in [2.24, 2.45) is 0 Å². The number of aliphatic hydroxyl groups excluding tert-OH is 1. The maximum Gasteiger partial charge on any atom is 0.230 e. The molecule has 1 aliphatic carbocycles. The summed E-state index contributed by atoms with van der Waals surface area (Å²) in [6.45, 7) is 2.46. The Kier molecular flexibility index (Phi) is 7.35. The van der Waals surface area contributed by atoms with Gasteiger partial charge in [0.25, 0.3) is 0 Å². The molecule has 0 bridgehead atoms. The number of nitrogens with zero attached hydrogens (tertiary/aromatic N) is 1. The Labute approximate surface area is 174 Å². The summed E-state index contributed by atoms with van der Waals surface area (Å²) in [4.78, 5) is 15.9. The summed E-state index contributed by atoms with van der Waals surface area (Å²) in [5.41, 5.74) is 0.334. The van der Waals surface area contributed by atoms with Gasteiger partial charge in [0.2, 0.25) is 5.91 Å². The van der Waals surface area contributed by atoms with Crippen molar-refractivity contribution in [3.05, 3.63) is 29.8 Å². The van der Waals surface area contributed by atoms with E-state index in [-0.39, 0.29) is 23.5 Å². The van der Waals surface area contributed by atoms with Crippen LogP contribution in [0.15, 0.2) is 29.2 Å². The third-order valence-electron chi connectivity index (χ3n) is 6.62. The van der Waals surface area contributed by atoms with E-state index in [2.05, 4.69) is 10.2 Å². The van der Waals surface area contributed by atoms with Crippen molar-refractivity contribution >= 4 is 15.7 Å². The topological polar surface area (TPSA) is 86.7 Å². The molecule has 1 aromatic carbocycles. The maximum absolute atomic E-state index is 13.3. The molecule has 0 spiro atoms. The summed E-state index contributed by atoms with van der Waals surface area (Å²) in [6.07, 6.45) is 9.22. The van der Waals surface area contributed by atoms with Gasteiger partial charge in [-0.05, 0) is 49.9 Å². The zero-order valence-corrected chi connectivity index (χ0v) is 18.2. The number of benzene rings is 1. The average molecular weight is 423 g/mol. The zero-order valence-electron chi connectivity index (χ0n) is 17.4. The highest BCUT2D eigenvalue weighted by Gasteiger charge is 2.41. The average Bonchev–Trinajstić information content (AvgIpc) is 2.74. The van der Waals surface area contributed by atoms with Gasteiger partial charge in [0, 0.05) is 25.4 Å². The highest BCUT2D eigenvalue weighted by atomic mass is 32.2. The Balaban J connectivity index is 1.70. The number of hydrogen-bond acceptors (Lipinski definition) is 5. The first kappa shape index (κ1) is 22.2. The first-order valence-corrected chi connectivity index (χ1v) is 12.7. The second-order valence-corrected chi connectivity index (χ2v) is 10.6. The minimum Gasteiger partial charge on any atom is -0.395 e. The van der Waals surface area contributed by atoms with E-state index in [4.69, 9.17) is 0 Å². The molecule has 0 radical (unpaired) electrons. The van der Waals surface area contributed by atoms with E-state index in [1.54, 1.807) is 12.1 Å². The number of sulfone groups is 1. The summed E-state index contributed by atoms with van der Waals surface area (Å²) in [7, 11) is -3.25. The Morgan fingerprint density at radius 2 is 1.83 bits per heavy atom. The summed E-state index contributed by atoms with van der Waals surface area (Å²) >= 11 is 0. The van der Waals surface area contributed by atoms with Crippen molar-refractivity contribution < 1.29 is 18.3 Å². The van der Waals surface area contributed by atoms with Gasteiger partial charge in [0.15, 0.2) is 9.84 Å². The van der Waals surface area contributed by atoms with Crippen molar-refractivity contribution in [1.82, 2.24) is 10.2 Å². The molecule has 1 aliphatic heterocycles. The largest absolute Gasteiger partial charge is 0.395 e. The van der Waals surface area contributed by atoms with E-state index < -0.39 is 15.3 Å². The van der Waals surface area contributed by atoms with Crippen LogP contribution in [0.1, 0.15) is 56.9 Å². The molecule has 6 nitrogen and oxygen atoms in total. The van der Waals surface area contributed by atoms with Crippen molar-refractivity contribution in [3.63, 3.8) is 0 Å². The quantitative estimate of drug-likeness (QED) is 0.704. The molecule has 1 amide bonds. The number of carbonyl (C=O) groups excluding carboxylic acids is 1. The molecule has 2 N–H and O–H groups in total. The Morgan fingerprint density at radius 3 is 2.45 bits per heavy atom. The standard InChI is InChI=1S/C22H34N2O4S/c1-29(27,28)20-10-8-18(9-11-20)22(12-4-2-5-13-22)21(26)23-14-16-24-15-6-3-7-19(24)17-25/h8-11,19,25H,2-7,12-17H2,1H3,(H,23,26). The van der Waals surface area contributed by atoms with Gasteiger partial charge in [-0.3, -0.25) is 9.69 Å². The molecule has 162 valence electrons. The number of amides is 1. The van der Waals surface area contributed by atoms with Crippen LogP contribution in [0.4, 0.5) is 0 Å². The van der Waals surface area contributed by atoms with Gasteiger partial charge in [-0.25, -0.2) is 8.42 Å². The van der Waals surface area contributed by atoms with Crippen LogP contribution in [0.2, 0.25) is 0 Å². The van der Waals surface area contributed by atoms with Crippen LogP contribution in [0.25, 0.3) is 0 Å². The first-order valence-electron chi connectivity index (χ1n) is 10.8. The van der Waals surface area contributed by atoms with Gasteiger partial charge in [-0.2, -0.15) is 0 Å². The number of rotatable bonds is 7. The molecule has 1 unspecified atom stereocenters. The highest BCUT2D eigenvalue weighted by Crippen LogP contribution is 2.40. The van der Waals surface area contributed by atoms with Gasteiger partial charge < -0.3 is 10.4 Å². The summed E-state index contributed by atoms with van der Waals surface area (Å²) < 4.78 is 23.6. The summed E-state index contributed by atoms with van der Waals surface area (Å²) in [5.74, 6) is 0.0434. The van der Waals surface area contributed by atoms with E-state index in [0.29, 0.717) is 6.54 Å². The number of nitrogens with one attached hydrogen (secondary N) is 1. The Morgan fingerprint density at radius 1 is 1.14 bits per heavy atom. The molecule has 0 aromatic heterocycles. The number of hydrogen-bond donors (Lipinski definition) is 2. The third kappa shape index (κ3) is 5.19. The predicted molar refractivity (Wildman–Crippen MR) is 114 cm³/mol. The molecule has 3 rings (SSSR count). The fourth-order valence-corrected chi connectivity index (χ4v) is 5.50. The van der Waals surface area contributed by atoms with Crippen molar-refractivity contribution in [1.29, 1.82) is 0 Å². The SMILES string of the molecule is CS(=O)(=O)c1ccc(C2(C(=O)NCCN3CCCCC3CO)CCCCC2)cc1. The van der Waals surface area contributed by atoms with Crippen LogP contribution in [-0.2, 0) is 20.0 Å². The lowest BCUT2D eigenvalue weighted by molar-refractivity contribution is -0.128. The number of carbonyl (C=O) groups is 1. The Hall–Kier alpha value is -1.44. The van der Waals surface area contributed by atoms with Gasteiger partial charge in [0.1, 0.15) is 0 Å². The Bertz CT molecular complexity index is 786. The smallest absolute Gasteiger partial charge is 0.230 e. The van der Waals surface area contributed by atoms with E-state index in [0.717, 1.165) is 70.0 Å². The van der Waals surface area contributed by atoms with E-state index in [9.17, 15) is 18.3 Å². The molecule has 1 atom stereocenters. The second-order valence-electron chi connectivity index (χ2n) is 8.56. The fraction of sp³-hybridized carbons (Fsp3) is 0.682.